The smallest absolute Gasteiger partial charge is 0.340 e. The molecule has 0 aliphatic carbocycles. The zero-order valence-electron chi connectivity index (χ0n) is 13.3. The van der Waals surface area contributed by atoms with Gasteiger partial charge in [0.15, 0.2) is 0 Å². The zero-order valence-corrected chi connectivity index (χ0v) is 14.9. The Labute approximate surface area is 149 Å². The molecule has 0 aromatic heterocycles. The van der Waals surface area contributed by atoms with Crippen molar-refractivity contribution in [3.8, 4) is 0 Å². The number of amides is 2. The van der Waals surface area contributed by atoms with E-state index in [0.29, 0.717) is 23.5 Å². The average Bonchev–Trinajstić information content (AvgIpc) is 2.55. The van der Waals surface area contributed by atoms with Gasteiger partial charge in [0.2, 0.25) is 0 Å². The maximum atomic E-state index is 12.1. The molecule has 0 unspecified atom stereocenters. The lowest BCUT2D eigenvalue weighted by atomic mass is 10.2. The van der Waals surface area contributed by atoms with Gasteiger partial charge >= 0.3 is 12.0 Å². The van der Waals surface area contributed by atoms with Gasteiger partial charge in [-0.25, -0.2) is 9.59 Å². The zero-order chi connectivity index (χ0) is 17.4. The van der Waals surface area contributed by atoms with Gasteiger partial charge in [-0.3, -0.25) is 0 Å². The van der Waals surface area contributed by atoms with Gasteiger partial charge in [-0.05, 0) is 36.8 Å². The first-order valence-corrected chi connectivity index (χ1v) is 8.49. The Morgan fingerprint density at radius 2 is 1.88 bits per heavy atom. The number of anilines is 2. The maximum absolute atomic E-state index is 12.1. The summed E-state index contributed by atoms with van der Waals surface area (Å²) in [4.78, 5) is 24.3. The number of ether oxygens (including phenoxy) is 1. The summed E-state index contributed by atoms with van der Waals surface area (Å²) in [7, 11) is 0. The number of unbranched alkanes of at least 4 members (excludes halogenated alkanes) is 1. The molecule has 0 aliphatic heterocycles. The molecule has 2 aromatic carbocycles. The third-order valence-corrected chi connectivity index (χ3v) is 3.70. The number of hydrogen-bond donors (Lipinski definition) is 2. The third-order valence-electron chi connectivity index (χ3n) is 3.21. The molecule has 5 nitrogen and oxygen atoms in total. The molecular formula is C18H19BrN2O3. The number of urea groups is 1. The fourth-order valence-electron chi connectivity index (χ4n) is 2.01. The first kappa shape index (κ1) is 18.0. The third kappa shape index (κ3) is 5.38. The van der Waals surface area contributed by atoms with E-state index in [9.17, 15) is 9.59 Å². The average molecular weight is 391 g/mol. The van der Waals surface area contributed by atoms with Gasteiger partial charge in [-0.1, -0.05) is 47.5 Å². The van der Waals surface area contributed by atoms with Crippen molar-refractivity contribution >= 4 is 39.3 Å². The van der Waals surface area contributed by atoms with Crippen molar-refractivity contribution in [3.05, 3.63) is 58.6 Å². The number of nitrogens with one attached hydrogen (secondary N) is 2. The number of carbonyl (C=O) groups is 2. The van der Waals surface area contributed by atoms with E-state index in [2.05, 4.69) is 26.6 Å². The number of carbonyl (C=O) groups excluding carboxylic acids is 2. The highest BCUT2D eigenvalue weighted by Gasteiger charge is 2.14. The summed E-state index contributed by atoms with van der Waals surface area (Å²) < 4.78 is 6.07. The van der Waals surface area contributed by atoms with Gasteiger partial charge in [0.1, 0.15) is 0 Å². The normalized spacial score (nSPS) is 10.1. The van der Waals surface area contributed by atoms with E-state index in [0.717, 1.165) is 17.3 Å². The van der Waals surface area contributed by atoms with Crippen LogP contribution in [0.15, 0.2) is 53.0 Å². The molecule has 0 radical (unpaired) electrons. The molecule has 0 saturated heterocycles. The Morgan fingerprint density at radius 3 is 2.62 bits per heavy atom. The van der Waals surface area contributed by atoms with Crippen LogP contribution in [0.1, 0.15) is 30.1 Å². The first-order valence-electron chi connectivity index (χ1n) is 7.70. The molecule has 0 fully saturated rings. The van der Waals surface area contributed by atoms with Crippen molar-refractivity contribution in [3.63, 3.8) is 0 Å². The predicted molar refractivity (Wildman–Crippen MR) is 98.4 cm³/mol. The van der Waals surface area contributed by atoms with Crippen LogP contribution in [0.2, 0.25) is 0 Å². The topological polar surface area (TPSA) is 67.4 Å². The van der Waals surface area contributed by atoms with Crippen LogP contribution in [0.3, 0.4) is 0 Å². The van der Waals surface area contributed by atoms with Gasteiger partial charge in [0.25, 0.3) is 0 Å². The van der Waals surface area contributed by atoms with Crippen molar-refractivity contribution in [2.24, 2.45) is 0 Å². The second-order valence-corrected chi connectivity index (χ2v) is 6.04. The predicted octanol–water partition coefficient (Wildman–Crippen LogP) is 5.05. The lowest BCUT2D eigenvalue weighted by Gasteiger charge is -2.12. The number of benzene rings is 2. The molecule has 0 aliphatic rings. The molecule has 2 aromatic rings. The Morgan fingerprint density at radius 1 is 1.08 bits per heavy atom. The van der Waals surface area contributed by atoms with E-state index in [-0.39, 0.29) is 0 Å². The van der Waals surface area contributed by atoms with E-state index >= 15 is 0 Å². The highest BCUT2D eigenvalue weighted by Crippen LogP contribution is 2.18. The Balaban J connectivity index is 2.03. The van der Waals surface area contributed by atoms with Gasteiger partial charge in [0, 0.05) is 10.2 Å². The molecular weight excluding hydrogens is 372 g/mol. The second kappa shape index (κ2) is 9.08. The summed E-state index contributed by atoms with van der Waals surface area (Å²) >= 11 is 3.35. The van der Waals surface area contributed by atoms with Crippen LogP contribution in [0.5, 0.6) is 0 Å². The van der Waals surface area contributed by atoms with Gasteiger partial charge in [0.05, 0.1) is 17.9 Å². The van der Waals surface area contributed by atoms with E-state index < -0.39 is 12.0 Å². The summed E-state index contributed by atoms with van der Waals surface area (Å²) in [6.45, 7) is 2.39. The fourth-order valence-corrected chi connectivity index (χ4v) is 2.41. The molecule has 2 N–H and O–H groups in total. The number of rotatable bonds is 6. The number of hydrogen-bond acceptors (Lipinski definition) is 3. The minimum Gasteiger partial charge on any atom is -0.462 e. The largest absolute Gasteiger partial charge is 0.462 e. The van der Waals surface area contributed by atoms with Crippen LogP contribution in [-0.4, -0.2) is 18.6 Å². The maximum Gasteiger partial charge on any atom is 0.340 e. The van der Waals surface area contributed by atoms with Crippen molar-refractivity contribution in [1.29, 1.82) is 0 Å². The summed E-state index contributed by atoms with van der Waals surface area (Å²) in [6.07, 6.45) is 1.76. The molecule has 24 heavy (non-hydrogen) atoms. The monoisotopic (exact) mass is 390 g/mol. The highest BCUT2D eigenvalue weighted by atomic mass is 79.9. The van der Waals surface area contributed by atoms with Gasteiger partial charge < -0.3 is 15.4 Å². The molecule has 0 bridgehead atoms. The summed E-state index contributed by atoms with van der Waals surface area (Å²) in [5.74, 6) is -0.443. The standard InChI is InChI=1S/C18H19BrN2O3/c1-2-3-11-24-17(22)15-9-4-5-10-16(15)21-18(23)20-14-8-6-7-13(19)12-14/h4-10,12H,2-3,11H2,1H3,(H2,20,21,23). The highest BCUT2D eigenvalue weighted by molar-refractivity contribution is 9.10. The minimum atomic E-state index is -0.443. The minimum absolute atomic E-state index is 0.331. The molecule has 2 rings (SSSR count). The Bertz CT molecular complexity index is 719. The van der Waals surface area contributed by atoms with Crippen LogP contribution in [0.25, 0.3) is 0 Å². The molecule has 6 heteroatoms. The van der Waals surface area contributed by atoms with E-state index in [1.807, 2.05) is 19.1 Å². The molecule has 0 heterocycles. The van der Waals surface area contributed by atoms with Crippen molar-refractivity contribution in [2.75, 3.05) is 17.2 Å². The summed E-state index contributed by atoms with van der Waals surface area (Å²) in [5.41, 5.74) is 1.38. The van der Waals surface area contributed by atoms with Crippen LogP contribution in [0.4, 0.5) is 16.2 Å². The molecule has 0 saturated carbocycles. The van der Waals surface area contributed by atoms with Crippen LogP contribution >= 0.6 is 15.9 Å². The van der Waals surface area contributed by atoms with Gasteiger partial charge in [-0.2, -0.15) is 0 Å². The van der Waals surface area contributed by atoms with Crippen LogP contribution < -0.4 is 10.6 Å². The number of para-hydroxylation sites is 1. The van der Waals surface area contributed by atoms with Crippen molar-refractivity contribution < 1.29 is 14.3 Å². The van der Waals surface area contributed by atoms with Crippen LogP contribution in [0, 0.1) is 0 Å². The summed E-state index contributed by atoms with van der Waals surface area (Å²) in [5, 5.41) is 5.40. The second-order valence-electron chi connectivity index (χ2n) is 5.12. The SMILES string of the molecule is CCCCOC(=O)c1ccccc1NC(=O)Nc1cccc(Br)c1. The quantitative estimate of drug-likeness (QED) is 0.535. The van der Waals surface area contributed by atoms with E-state index in [1.54, 1.807) is 36.4 Å². The van der Waals surface area contributed by atoms with Crippen molar-refractivity contribution in [2.45, 2.75) is 19.8 Å². The lowest BCUT2D eigenvalue weighted by Crippen LogP contribution is -2.21. The van der Waals surface area contributed by atoms with E-state index in [4.69, 9.17) is 4.74 Å². The molecule has 2 amide bonds. The van der Waals surface area contributed by atoms with Crippen molar-refractivity contribution in [1.82, 2.24) is 0 Å². The molecule has 126 valence electrons. The Kier molecular flexibility index (Phi) is 6.81. The lowest BCUT2D eigenvalue weighted by molar-refractivity contribution is 0.0501. The summed E-state index contributed by atoms with van der Waals surface area (Å²) in [6, 6.07) is 13.6. The fraction of sp³-hybridized carbons (Fsp3) is 0.222. The molecule has 0 spiro atoms. The number of halogens is 1. The Hall–Kier alpha value is -2.34. The van der Waals surface area contributed by atoms with Gasteiger partial charge in [-0.15, -0.1) is 0 Å². The molecule has 0 atom stereocenters. The van der Waals surface area contributed by atoms with Crippen LogP contribution in [-0.2, 0) is 4.74 Å². The first-order chi connectivity index (χ1) is 11.6. The van der Waals surface area contributed by atoms with E-state index in [1.165, 1.54) is 0 Å². The number of esters is 1.